The number of nitrogens with one attached hydrogen (secondary N) is 4. The lowest BCUT2D eigenvalue weighted by molar-refractivity contribution is -0.131. The Morgan fingerprint density at radius 3 is 2.62 bits per heavy atom. The summed E-state index contributed by atoms with van der Waals surface area (Å²) in [6.45, 7) is 7.02. The molecule has 1 heterocycles. The number of ether oxygens (including phenoxy) is 3. The molecule has 11 nitrogen and oxygen atoms in total. The topological polar surface area (TPSA) is 144 Å². The van der Waals surface area contributed by atoms with Gasteiger partial charge in [0.05, 0.1) is 32.3 Å². The third-order valence-corrected chi connectivity index (χ3v) is 6.76. The summed E-state index contributed by atoms with van der Waals surface area (Å²) in [5.74, 6) is -0.408. The minimum atomic E-state index is -1.17. The van der Waals surface area contributed by atoms with Crippen molar-refractivity contribution in [2.45, 2.75) is 58.5 Å². The van der Waals surface area contributed by atoms with Crippen LogP contribution in [0.25, 0.3) is 0 Å². The quantitative estimate of drug-likeness (QED) is 0.332. The molecule has 11 heteroatoms. The Kier molecular flexibility index (Phi) is 12.5. The lowest BCUT2D eigenvalue weighted by Crippen LogP contribution is -2.53. The van der Waals surface area contributed by atoms with Crippen LogP contribution >= 0.6 is 0 Å². The molecule has 0 unspecified atom stereocenters. The van der Waals surface area contributed by atoms with E-state index in [4.69, 9.17) is 14.2 Å². The summed E-state index contributed by atoms with van der Waals surface area (Å²) in [5, 5.41) is 11.1. The molecular formula is C31H42N4O7. The van der Waals surface area contributed by atoms with Crippen molar-refractivity contribution < 1.29 is 33.4 Å². The van der Waals surface area contributed by atoms with Crippen LogP contribution in [0.5, 0.6) is 17.2 Å². The lowest BCUT2D eigenvalue weighted by atomic mass is 10.0. The molecule has 0 aliphatic carbocycles. The number of amides is 4. The van der Waals surface area contributed by atoms with Crippen LogP contribution in [0.4, 0.5) is 0 Å². The Morgan fingerprint density at radius 1 is 1.10 bits per heavy atom. The molecule has 0 bridgehead atoms. The Hall–Kier alpha value is -4.28. The number of methoxy groups -OCH3 is 1. The van der Waals surface area contributed by atoms with Gasteiger partial charge in [-0.05, 0) is 61.9 Å². The maximum atomic E-state index is 13.3. The van der Waals surface area contributed by atoms with Crippen molar-refractivity contribution in [3.8, 4) is 17.2 Å². The Morgan fingerprint density at radius 2 is 1.88 bits per heavy atom. The second-order valence-electron chi connectivity index (χ2n) is 10.3. The van der Waals surface area contributed by atoms with Gasteiger partial charge in [-0.3, -0.25) is 19.2 Å². The Bertz CT molecular complexity index is 1230. The van der Waals surface area contributed by atoms with Gasteiger partial charge in [-0.15, -0.1) is 0 Å². The molecule has 4 amide bonds. The maximum Gasteiger partial charge on any atom is 0.255 e. The summed E-state index contributed by atoms with van der Waals surface area (Å²) in [6, 6.07) is 10.4. The predicted molar refractivity (Wildman–Crippen MR) is 158 cm³/mol. The van der Waals surface area contributed by atoms with E-state index in [-0.39, 0.29) is 30.4 Å². The van der Waals surface area contributed by atoms with Gasteiger partial charge in [0, 0.05) is 13.1 Å². The van der Waals surface area contributed by atoms with Gasteiger partial charge in [-0.2, -0.15) is 0 Å². The molecule has 2 aromatic carbocycles. The van der Waals surface area contributed by atoms with E-state index in [2.05, 4.69) is 21.3 Å². The number of hydrogen-bond acceptors (Lipinski definition) is 7. The Labute approximate surface area is 247 Å². The van der Waals surface area contributed by atoms with Crippen LogP contribution in [-0.4, -0.2) is 69.1 Å². The highest BCUT2D eigenvalue weighted by Crippen LogP contribution is 2.28. The first-order valence-corrected chi connectivity index (χ1v) is 14.4. The fourth-order valence-corrected chi connectivity index (χ4v) is 4.52. The van der Waals surface area contributed by atoms with Crippen LogP contribution in [0.3, 0.4) is 0 Å². The van der Waals surface area contributed by atoms with Crippen LogP contribution in [-0.2, 0) is 20.8 Å². The summed E-state index contributed by atoms with van der Waals surface area (Å²) < 4.78 is 16.8. The molecular weight excluding hydrogens is 540 g/mol. The minimum Gasteiger partial charge on any atom is -0.493 e. The molecule has 0 spiro atoms. The molecule has 4 N–H and O–H groups in total. The molecule has 1 aliphatic rings. The molecule has 2 aromatic rings. The zero-order valence-electron chi connectivity index (χ0n) is 24.8. The largest absolute Gasteiger partial charge is 0.493 e. The average molecular weight is 583 g/mol. The van der Waals surface area contributed by atoms with Crippen molar-refractivity contribution in [1.82, 2.24) is 21.3 Å². The van der Waals surface area contributed by atoms with E-state index in [1.807, 2.05) is 39.0 Å². The first-order valence-electron chi connectivity index (χ1n) is 14.4. The average Bonchev–Trinajstić information content (AvgIpc) is 2.97. The SMILES string of the molecule is CCOc1ccc(CCCNC(=O)[C@@H]2CC(=O)N[C@H](C(C)C)C(=O)NCCCOc3ccccc3C(=O)N2)cc1OC. The van der Waals surface area contributed by atoms with E-state index in [0.29, 0.717) is 56.2 Å². The van der Waals surface area contributed by atoms with Gasteiger partial charge < -0.3 is 35.5 Å². The van der Waals surface area contributed by atoms with Gasteiger partial charge in [0.2, 0.25) is 17.7 Å². The second-order valence-corrected chi connectivity index (χ2v) is 10.3. The first-order chi connectivity index (χ1) is 20.2. The molecule has 0 aromatic heterocycles. The summed E-state index contributed by atoms with van der Waals surface area (Å²) >= 11 is 0. The van der Waals surface area contributed by atoms with Crippen molar-refractivity contribution >= 4 is 23.6 Å². The zero-order chi connectivity index (χ0) is 30.5. The highest BCUT2D eigenvalue weighted by atomic mass is 16.5. The molecule has 228 valence electrons. The monoisotopic (exact) mass is 582 g/mol. The van der Waals surface area contributed by atoms with Gasteiger partial charge in [0.15, 0.2) is 11.5 Å². The van der Waals surface area contributed by atoms with E-state index >= 15 is 0 Å². The van der Waals surface area contributed by atoms with Gasteiger partial charge in [-0.1, -0.05) is 32.0 Å². The van der Waals surface area contributed by atoms with E-state index in [1.54, 1.807) is 31.4 Å². The van der Waals surface area contributed by atoms with E-state index in [1.165, 1.54) is 0 Å². The van der Waals surface area contributed by atoms with Crippen molar-refractivity contribution in [1.29, 1.82) is 0 Å². The van der Waals surface area contributed by atoms with Gasteiger partial charge >= 0.3 is 0 Å². The molecule has 0 saturated heterocycles. The molecule has 1 aliphatic heterocycles. The molecule has 0 radical (unpaired) electrons. The molecule has 42 heavy (non-hydrogen) atoms. The van der Waals surface area contributed by atoms with Crippen molar-refractivity contribution in [2.75, 3.05) is 33.4 Å². The fourth-order valence-electron chi connectivity index (χ4n) is 4.52. The summed E-state index contributed by atoms with van der Waals surface area (Å²) in [6.07, 6.45) is 1.45. The number of fused-ring (bicyclic) bond motifs is 1. The van der Waals surface area contributed by atoms with Gasteiger partial charge in [0.1, 0.15) is 17.8 Å². The molecule has 0 fully saturated rings. The van der Waals surface area contributed by atoms with Crippen LogP contribution in [0.2, 0.25) is 0 Å². The van der Waals surface area contributed by atoms with Crippen LogP contribution in [0.1, 0.15) is 56.0 Å². The van der Waals surface area contributed by atoms with Gasteiger partial charge in [0.25, 0.3) is 5.91 Å². The maximum absolute atomic E-state index is 13.3. The van der Waals surface area contributed by atoms with Crippen molar-refractivity contribution in [2.24, 2.45) is 5.92 Å². The standard InChI is InChI=1S/C31H42N4O7/c1-5-41-25-14-13-21(18-26(25)40-4)10-8-15-32-30(38)23-19-27(36)35-28(20(2)3)31(39)33-16-9-17-42-24-12-7-6-11-22(24)29(37)34-23/h6-7,11-14,18,20,23,28H,5,8-10,15-17,19H2,1-4H3,(H,32,38)(H,33,39)(H,34,37)(H,35,36)/t23-,28+/m0/s1. The number of carbonyl (C=O) groups is 4. The number of aryl methyl sites for hydroxylation is 1. The number of hydrogen-bond donors (Lipinski definition) is 4. The van der Waals surface area contributed by atoms with Crippen molar-refractivity contribution in [3.05, 3.63) is 53.6 Å². The van der Waals surface area contributed by atoms with Crippen LogP contribution < -0.4 is 35.5 Å². The van der Waals surface area contributed by atoms with Crippen LogP contribution in [0.15, 0.2) is 42.5 Å². The van der Waals surface area contributed by atoms with E-state index in [9.17, 15) is 19.2 Å². The first kappa shape index (κ1) is 32.2. The smallest absolute Gasteiger partial charge is 0.255 e. The molecule has 0 saturated carbocycles. The van der Waals surface area contributed by atoms with E-state index in [0.717, 1.165) is 5.56 Å². The van der Waals surface area contributed by atoms with Crippen LogP contribution in [0, 0.1) is 5.92 Å². The number of benzene rings is 2. The number of rotatable bonds is 9. The van der Waals surface area contributed by atoms with Crippen molar-refractivity contribution in [3.63, 3.8) is 0 Å². The predicted octanol–water partition coefficient (Wildman–Crippen LogP) is 2.37. The minimum absolute atomic E-state index is 0.187. The third-order valence-electron chi connectivity index (χ3n) is 6.76. The molecule has 2 atom stereocenters. The summed E-state index contributed by atoms with van der Waals surface area (Å²) in [4.78, 5) is 52.3. The normalized spacial score (nSPS) is 18.3. The zero-order valence-corrected chi connectivity index (χ0v) is 24.8. The fraction of sp³-hybridized carbons (Fsp3) is 0.484. The summed E-state index contributed by atoms with van der Waals surface area (Å²) in [7, 11) is 1.58. The third kappa shape index (κ3) is 9.39. The second kappa shape index (κ2) is 16.2. The number of carbonyl (C=O) groups excluding carboxylic acids is 4. The highest BCUT2D eigenvalue weighted by molar-refractivity contribution is 6.01. The van der Waals surface area contributed by atoms with Gasteiger partial charge in [-0.25, -0.2) is 0 Å². The highest BCUT2D eigenvalue weighted by Gasteiger charge is 2.29. The van der Waals surface area contributed by atoms with E-state index < -0.39 is 29.8 Å². The number of para-hydroxylation sites is 1. The summed E-state index contributed by atoms with van der Waals surface area (Å²) in [5.41, 5.74) is 1.26. The molecule has 3 rings (SSSR count). The Balaban J connectivity index is 1.71. The lowest BCUT2D eigenvalue weighted by Gasteiger charge is -2.23.